The van der Waals surface area contributed by atoms with Gasteiger partial charge in [0, 0.05) is 17.1 Å². The number of halogens is 4. The molecule has 0 aliphatic carbocycles. The average Bonchev–Trinajstić information content (AvgIpc) is 3.17. The number of rotatable bonds is 3. The van der Waals surface area contributed by atoms with E-state index in [1.807, 2.05) is 35.2 Å². The number of nitrogens with zero attached hydrogens (tertiary/aromatic N) is 2. The van der Waals surface area contributed by atoms with E-state index in [1.165, 1.54) is 4.90 Å². The molecule has 0 aromatic heterocycles. The van der Waals surface area contributed by atoms with Gasteiger partial charge < -0.3 is 5.11 Å². The van der Waals surface area contributed by atoms with E-state index >= 15 is 0 Å². The number of benzene rings is 2. The summed E-state index contributed by atoms with van der Waals surface area (Å²) >= 11 is 3.47. The van der Waals surface area contributed by atoms with Gasteiger partial charge in [0.1, 0.15) is 0 Å². The second-order valence-electron chi connectivity index (χ2n) is 8.20. The van der Waals surface area contributed by atoms with Gasteiger partial charge in [0.2, 0.25) is 11.8 Å². The van der Waals surface area contributed by atoms with Crippen LogP contribution in [0.2, 0.25) is 0 Å². The predicted molar refractivity (Wildman–Crippen MR) is 121 cm³/mol. The van der Waals surface area contributed by atoms with Gasteiger partial charge in [-0.3, -0.25) is 19.3 Å². The lowest BCUT2D eigenvalue weighted by Crippen LogP contribution is -2.48. The minimum absolute atomic E-state index is 0.102. The summed E-state index contributed by atoms with van der Waals surface area (Å²) in [4.78, 5) is 51.4. The summed E-state index contributed by atoms with van der Waals surface area (Å²) in [7, 11) is 0. The minimum Gasteiger partial charge on any atom is -0.475 e. The fourth-order valence-corrected chi connectivity index (χ4v) is 5.19. The molecule has 11 heteroatoms. The molecule has 0 spiro atoms. The van der Waals surface area contributed by atoms with Crippen LogP contribution in [0.3, 0.4) is 0 Å². The van der Waals surface area contributed by atoms with E-state index in [-0.39, 0.29) is 23.6 Å². The van der Waals surface area contributed by atoms with Crippen molar-refractivity contribution in [3.8, 4) is 0 Å². The zero-order valence-electron chi connectivity index (χ0n) is 17.9. The standard InChI is InChI=1S/C22H17BrN2O3.C2HF3O2/c23-14-6-4-5-13(11-14)12-24-16-9-10-17(26)20(24)19-18(16)21(27)25(22(19)28)15-7-2-1-3-8-15;3-2(4,5)1(6)7/h1-11,16,18-20H,12H2;(H,6,7). The Balaban J connectivity index is 0.000000364. The number of amides is 2. The summed E-state index contributed by atoms with van der Waals surface area (Å²) in [5.41, 5.74) is 1.60. The summed E-state index contributed by atoms with van der Waals surface area (Å²) in [6.07, 6.45) is -1.75. The van der Waals surface area contributed by atoms with Crippen LogP contribution in [0, 0.1) is 11.8 Å². The lowest BCUT2D eigenvalue weighted by molar-refractivity contribution is -0.192. The number of fused-ring (bicyclic) bond motifs is 5. The van der Waals surface area contributed by atoms with E-state index in [0.717, 1.165) is 10.0 Å². The number of carboxylic acids is 1. The smallest absolute Gasteiger partial charge is 0.475 e. The lowest BCUT2D eigenvalue weighted by Gasteiger charge is -2.33. The van der Waals surface area contributed by atoms with Crippen LogP contribution in [0.5, 0.6) is 0 Å². The maximum atomic E-state index is 13.2. The van der Waals surface area contributed by atoms with Gasteiger partial charge >= 0.3 is 12.1 Å². The highest BCUT2D eigenvalue weighted by Crippen LogP contribution is 2.47. The summed E-state index contributed by atoms with van der Waals surface area (Å²) in [5, 5.41) is 7.12. The molecular weight excluding hydrogens is 533 g/mol. The Morgan fingerprint density at radius 3 is 2.20 bits per heavy atom. The van der Waals surface area contributed by atoms with Gasteiger partial charge in [-0.15, -0.1) is 0 Å². The molecule has 3 heterocycles. The molecule has 2 bridgehead atoms. The number of para-hydroxylation sites is 1. The van der Waals surface area contributed by atoms with Crippen LogP contribution in [0.15, 0.2) is 71.2 Å². The molecule has 2 fully saturated rings. The topological polar surface area (TPSA) is 95.0 Å². The molecular formula is C24H18BrF3N2O5. The number of ketones is 1. The molecule has 1 N–H and O–H groups in total. The second kappa shape index (κ2) is 9.38. The van der Waals surface area contributed by atoms with E-state index in [9.17, 15) is 27.6 Å². The summed E-state index contributed by atoms with van der Waals surface area (Å²) in [5.74, 6) is -4.50. The number of alkyl halides is 3. The summed E-state index contributed by atoms with van der Waals surface area (Å²) < 4.78 is 32.7. The normalized spacial score (nSPS) is 25.4. The van der Waals surface area contributed by atoms with Crippen molar-refractivity contribution in [1.29, 1.82) is 0 Å². The maximum absolute atomic E-state index is 13.2. The molecule has 7 nitrogen and oxygen atoms in total. The second-order valence-corrected chi connectivity index (χ2v) is 9.12. The molecule has 4 unspecified atom stereocenters. The third-order valence-electron chi connectivity index (χ3n) is 6.11. The van der Waals surface area contributed by atoms with E-state index in [4.69, 9.17) is 9.90 Å². The maximum Gasteiger partial charge on any atom is 0.490 e. The Bertz CT molecular complexity index is 1220. The Kier molecular flexibility index (Phi) is 6.65. The van der Waals surface area contributed by atoms with Crippen molar-refractivity contribution in [2.24, 2.45) is 11.8 Å². The van der Waals surface area contributed by atoms with E-state index in [2.05, 4.69) is 15.9 Å². The van der Waals surface area contributed by atoms with Gasteiger partial charge in [-0.05, 0) is 35.9 Å². The number of hydrogen-bond acceptors (Lipinski definition) is 5. The quantitative estimate of drug-likeness (QED) is 0.587. The number of aliphatic carboxylic acids is 1. The van der Waals surface area contributed by atoms with Crippen molar-refractivity contribution in [2.75, 3.05) is 4.90 Å². The van der Waals surface area contributed by atoms with Gasteiger partial charge in [0.15, 0.2) is 5.78 Å². The van der Waals surface area contributed by atoms with Gasteiger partial charge in [-0.1, -0.05) is 52.3 Å². The van der Waals surface area contributed by atoms with Crippen LogP contribution >= 0.6 is 15.9 Å². The first-order chi connectivity index (χ1) is 16.5. The number of hydrogen-bond donors (Lipinski definition) is 1. The number of carbonyl (C=O) groups is 4. The van der Waals surface area contributed by atoms with Crippen molar-refractivity contribution < 1.29 is 37.5 Å². The Morgan fingerprint density at radius 2 is 1.60 bits per heavy atom. The molecule has 5 rings (SSSR count). The molecule has 35 heavy (non-hydrogen) atoms. The SMILES string of the molecule is O=C(O)C(F)(F)F.O=C1C=CC2C3C(=O)N(c4ccccc4)C(=O)C3C1N2Cc1cccc(Br)c1. The largest absolute Gasteiger partial charge is 0.490 e. The van der Waals surface area contributed by atoms with Crippen LogP contribution in [0.4, 0.5) is 18.9 Å². The monoisotopic (exact) mass is 550 g/mol. The van der Waals surface area contributed by atoms with E-state index in [0.29, 0.717) is 12.2 Å². The predicted octanol–water partition coefficient (Wildman–Crippen LogP) is 3.58. The average molecular weight is 551 g/mol. The number of imide groups is 1. The first-order valence-corrected chi connectivity index (χ1v) is 11.2. The molecule has 0 radical (unpaired) electrons. The highest BCUT2D eigenvalue weighted by atomic mass is 79.9. The van der Waals surface area contributed by atoms with Gasteiger partial charge in [0.25, 0.3) is 0 Å². The third kappa shape index (κ3) is 4.65. The minimum atomic E-state index is -5.08. The highest BCUT2D eigenvalue weighted by molar-refractivity contribution is 9.10. The zero-order chi connectivity index (χ0) is 25.5. The summed E-state index contributed by atoms with van der Waals surface area (Å²) in [6, 6.07) is 16.0. The van der Waals surface area contributed by atoms with Gasteiger partial charge in [-0.25, -0.2) is 9.69 Å². The molecule has 2 aromatic carbocycles. The first-order valence-electron chi connectivity index (χ1n) is 10.5. The van der Waals surface area contributed by atoms with Crippen LogP contribution in [-0.2, 0) is 25.7 Å². The lowest BCUT2D eigenvalue weighted by atomic mass is 9.90. The molecule has 4 atom stereocenters. The van der Waals surface area contributed by atoms with Crippen LogP contribution in [0.25, 0.3) is 0 Å². The van der Waals surface area contributed by atoms with Crippen molar-refractivity contribution >= 4 is 45.2 Å². The third-order valence-corrected chi connectivity index (χ3v) is 6.60. The van der Waals surface area contributed by atoms with E-state index in [1.54, 1.807) is 36.4 Å². The summed E-state index contributed by atoms with van der Waals surface area (Å²) in [6.45, 7) is 0.518. The van der Waals surface area contributed by atoms with Crippen molar-refractivity contribution in [2.45, 2.75) is 24.8 Å². The molecule has 3 aliphatic heterocycles. The Labute approximate surface area is 205 Å². The molecule has 2 amide bonds. The highest BCUT2D eigenvalue weighted by Gasteiger charge is 2.64. The van der Waals surface area contributed by atoms with Gasteiger partial charge in [-0.2, -0.15) is 13.2 Å². The van der Waals surface area contributed by atoms with Crippen LogP contribution < -0.4 is 4.90 Å². The Hall–Kier alpha value is -3.31. The molecule has 0 saturated carbocycles. The number of anilines is 1. The van der Waals surface area contributed by atoms with Crippen molar-refractivity contribution in [3.63, 3.8) is 0 Å². The fraction of sp³-hybridized carbons (Fsp3) is 0.250. The van der Waals surface area contributed by atoms with Gasteiger partial charge in [0.05, 0.1) is 23.6 Å². The molecule has 2 aromatic rings. The van der Waals surface area contributed by atoms with Crippen molar-refractivity contribution in [3.05, 3.63) is 76.8 Å². The number of carbonyl (C=O) groups excluding carboxylic acids is 3. The Morgan fingerprint density at radius 1 is 0.971 bits per heavy atom. The van der Waals surface area contributed by atoms with Crippen LogP contribution in [0.1, 0.15) is 5.56 Å². The van der Waals surface area contributed by atoms with Crippen LogP contribution in [-0.4, -0.2) is 51.8 Å². The zero-order valence-corrected chi connectivity index (χ0v) is 19.4. The molecule has 2 saturated heterocycles. The number of carboxylic acid groups (broad SMARTS) is 1. The molecule has 3 aliphatic rings. The fourth-order valence-electron chi connectivity index (χ4n) is 4.75. The first kappa shape index (κ1) is 24.8. The van der Waals surface area contributed by atoms with Crippen molar-refractivity contribution in [1.82, 2.24) is 4.90 Å². The molecule has 182 valence electrons. The van der Waals surface area contributed by atoms with E-state index < -0.39 is 30.0 Å².